The molecule has 0 saturated carbocycles. The molecule has 7 nitrogen and oxygen atoms in total. The number of piperidine rings is 1. The number of aromatic nitrogens is 2. The summed E-state index contributed by atoms with van der Waals surface area (Å²) in [6.45, 7) is 7.68. The van der Waals surface area contributed by atoms with E-state index in [9.17, 15) is 9.90 Å². The van der Waals surface area contributed by atoms with Gasteiger partial charge in [-0.15, -0.1) is 0 Å². The van der Waals surface area contributed by atoms with Crippen LogP contribution >= 0.6 is 0 Å². The van der Waals surface area contributed by atoms with Gasteiger partial charge in [0.1, 0.15) is 5.82 Å². The van der Waals surface area contributed by atoms with Crippen LogP contribution in [-0.2, 0) is 4.79 Å². The lowest BCUT2D eigenvalue weighted by Crippen LogP contribution is -2.36. The van der Waals surface area contributed by atoms with E-state index in [-0.39, 0.29) is 5.91 Å². The van der Waals surface area contributed by atoms with Crippen LogP contribution in [0.1, 0.15) is 31.9 Å². The van der Waals surface area contributed by atoms with Crippen LogP contribution in [0, 0.1) is 6.92 Å². The number of aryl methyl sites for hydroxylation is 1. The van der Waals surface area contributed by atoms with Crippen LogP contribution < -0.4 is 9.80 Å². The van der Waals surface area contributed by atoms with Gasteiger partial charge < -0.3 is 19.8 Å². The lowest BCUT2D eigenvalue weighted by atomic mass is 10.1. The van der Waals surface area contributed by atoms with E-state index in [1.807, 2.05) is 13.0 Å². The molecule has 2 aliphatic rings. The Hall–Kier alpha value is -1.89. The van der Waals surface area contributed by atoms with Crippen molar-refractivity contribution in [3.63, 3.8) is 0 Å². The van der Waals surface area contributed by atoms with Gasteiger partial charge in [0.25, 0.3) is 0 Å². The molecule has 1 aromatic heterocycles. The van der Waals surface area contributed by atoms with E-state index < -0.39 is 6.10 Å². The normalized spacial score (nSPS) is 22.5. The third kappa shape index (κ3) is 3.95. The molecule has 2 fully saturated rings. The van der Waals surface area contributed by atoms with Crippen LogP contribution in [0.5, 0.6) is 0 Å². The summed E-state index contributed by atoms with van der Waals surface area (Å²) in [4.78, 5) is 27.0. The van der Waals surface area contributed by atoms with Gasteiger partial charge in [-0.25, -0.2) is 4.98 Å². The van der Waals surface area contributed by atoms with E-state index in [0.29, 0.717) is 26.2 Å². The number of aliphatic hydroxyl groups is 1. The maximum Gasteiger partial charge on any atom is 0.227 e. The predicted molar refractivity (Wildman–Crippen MR) is 93.3 cm³/mol. The zero-order valence-corrected chi connectivity index (χ0v) is 14.6. The number of rotatable bonds is 2. The first kappa shape index (κ1) is 17.0. The summed E-state index contributed by atoms with van der Waals surface area (Å²) < 4.78 is 0. The molecule has 1 aromatic rings. The molecule has 0 aliphatic carbocycles. The highest BCUT2D eigenvalue weighted by Crippen LogP contribution is 2.21. The molecule has 0 spiro atoms. The minimum atomic E-state index is -0.565. The number of hydrogen-bond acceptors (Lipinski definition) is 6. The molecule has 7 heteroatoms. The number of carbonyl (C=O) groups is 1. The summed E-state index contributed by atoms with van der Waals surface area (Å²) >= 11 is 0. The zero-order chi connectivity index (χ0) is 17.1. The Balaban J connectivity index is 1.80. The zero-order valence-electron chi connectivity index (χ0n) is 14.6. The second kappa shape index (κ2) is 7.34. The van der Waals surface area contributed by atoms with Gasteiger partial charge in [0.15, 0.2) is 0 Å². The third-order valence-electron chi connectivity index (χ3n) is 4.74. The molecule has 24 heavy (non-hydrogen) atoms. The molecule has 1 amide bonds. The molecule has 132 valence electrons. The van der Waals surface area contributed by atoms with Gasteiger partial charge in [0.2, 0.25) is 11.9 Å². The highest BCUT2D eigenvalue weighted by atomic mass is 16.3. The number of aliphatic hydroxyl groups excluding tert-OH is 1. The smallest absolute Gasteiger partial charge is 0.227 e. The SMILES string of the molecule is CC(=O)N1CCN(c2cc(C)nc(N3CCCCC3)n2)CC(O)C1. The van der Waals surface area contributed by atoms with Gasteiger partial charge in [-0.05, 0) is 26.2 Å². The summed E-state index contributed by atoms with van der Waals surface area (Å²) in [5, 5.41) is 10.2. The van der Waals surface area contributed by atoms with Crippen LogP contribution in [0.4, 0.5) is 11.8 Å². The first-order chi connectivity index (χ1) is 11.5. The van der Waals surface area contributed by atoms with Crippen molar-refractivity contribution < 1.29 is 9.90 Å². The maximum absolute atomic E-state index is 11.6. The van der Waals surface area contributed by atoms with Crippen molar-refractivity contribution in [3.8, 4) is 0 Å². The van der Waals surface area contributed by atoms with E-state index in [1.165, 1.54) is 19.3 Å². The minimum absolute atomic E-state index is 0.00349. The lowest BCUT2D eigenvalue weighted by molar-refractivity contribution is -0.129. The Morgan fingerprint density at radius 1 is 1.08 bits per heavy atom. The quantitative estimate of drug-likeness (QED) is 0.863. The van der Waals surface area contributed by atoms with Crippen molar-refractivity contribution in [2.75, 3.05) is 49.1 Å². The maximum atomic E-state index is 11.6. The standard InChI is InChI=1S/C17H27N5O2/c1-13-10-16(19-17(18-13)20-6-4-3-5-7-20)22-9-8-21(14(2)23)11-15(24)12-22/h10,15,24H,3-9,11-12H2,1-2H3. The average Bonchev–Trinajstić information content (AvgIpc) is 2.77. The number of carbonyl (C=O) groups excluding carboxylic acids is 1. The molecule has 1 N–H and O–H groups in total. The molecule has 0 radical (unpaired) electrons. The predicted octanol–water partition coefficient (Wildman–Crippen LogP) is 0.805. The summed E-state index contributed by atoms with van der Waals surface area (Å²) in [7, 11) is 0. The molecule has 1 unspecified atom stereocenters. The van der Waals surface area contributed by atoms with E-state index >= 15 is 0 Å². The number of anilines is 2. The second-order valence-electron chi connectivity index (χ2n) is 6.78. The Kier molecular flexibility index (Phi) is 5.18. The van der Waals surface area contributed by atoms with Crippen LogP contribution in [0.3, 0.4) is 0 Å². The van der Waals surface area contributed by atoms with Crippen molar-refractivity contribution in [1.29, 1.82) is 0 Å². The van der Waals surface area contributed by atoms with Crippen molar-refractivity contribution >= 4 is 17.7 Å². The Morgan fingerprint density at radius 2 is 1.83 bits per heavy atom. The minimum Gasteiger partial charge on any atom is -0.389 e. The molecule has 2 aliphatic heterocycles. The van der Waals surface area contributed by atoms with Crippen LogP contribution in [0.2, 0.25) is 0 Å². The molecule has 0 aromatic carbocycles. The molecule has 1 atom stereocenters. The molecular formula is C17H27N5O2. The number of β-amino-alcohol motifs (C(OH)–C–C–N with tert-alkyl or cyclic N) is 1. The van der Waals surface area contributed by atoms with Gasteiger partial charge in [-0.2, -0.15) is 4.98 Å². The fourth-order valence-corrected chi connectivity index (χ4v) is 3.42. The highest BCUT2D eigenvalue weighted by molar-refractivity contribution is 5.73. The summed E-state index contributed by atoms with van der Waals surface area (Å²) in [5.74, 6) is 1.63. The van der Waals surface area contributed by atoms with Gasteiger partial charge in [0.05, 0.1) is 6.10 Å². The van der Waals surface area contributed by atoms with Crippen molar-refractivity contribution in [2.45, 2.75) is 39.2 Å². The number of hydrogen-bond donors (Lipinski definition) is 1. The van der Waals surface area contributed by atoms with Crippen LogP contribution in [-0.4, -0.2) is 71.3 Å². The second-order valence-corrected chi connectivity index (χ2v) is 6.78. The summed E-state index contributed by atoms with van der Waals surface area (Å²) in [6, 6.07) is 1.96. The molecule has 3 rings (SSSR count). The topological polar surface area (TPSA) is 72.8 Å². The van der Waals surface area contributed by atoms with Gasteiger partial charge in [-0.3, -0.25) is 4.79 Å². The van der Waals surface area contributed by atoms with E-state index in [0.717, 1.165) is 30.5 Å². The van der Waals surface area contributed by atoms with E-state index in [4.69, 9.17) is 4.98 Å². The summed E-state index contributed by atoms with van der Waals surface area (Å²) in [6.07, 6.45) is 3.07. The van der Waals surface area contributed by atoms with Crippen LogP contribution in [0.25, 0.3) is 0 Å². The Labute approximate surface area is 143 Å². The van der Waals surface area contributed by atoms with Crippen molar-refractivity contribution in [2.24, 2.45) is 0 Å². The first-order valence-corrected chi connectivity index (χ1v) is 8.82. The largest absolute Gasteiger partial charge is 0.389 e. The van der Waals surface area contributed by atoms with Crippen molar-refractivity contribution in [1.82, 2.24) is 14.9 Å². The molecule has 0 bridgehead atoms. The van der Waals surface area contributed by atoms with E-state index in [2.05, 4.69) is 14.8 Å². The van der Waals surface area contributed by atoms with Gasteiger partial charge in [-0.1, -0.05) is 0 Å². The third-order valence-corrected chi connectivity index (χ3v) is 4.74. The number of amides is 1. The monoisotopic (exact) mass is 333 g/mol. The van der Waals surface area contributed by atoms with Crippen molar-refractivity contribution in [3.05, 3.63) is 11.8 Å². The Morgan fingerprint density at radius 3 is 2.54 bits per heavy atom. The average molecular weight is 333 g/mol. The Bertz CT molecular complexity index is 588. The lowest BCUT2D eigenvalue weighted by Gasteiger charge is -2.29. The number of nitrogens with zero attached hydrogens (tertiary/aromatic N) is 5. The van der Waals surface area contributed by atoms with Gasteiger partial charge in [0, 0.05) is 58.0 Å². The van der Waals surface area contributed by atoms with Crippen LogP contribution in [0.15, 0.2) is 6.07 Å². The fraction of sp³-hybridized carbons (Fsp3) is 0.706. The van der Waals surface area contributed by atoms with Gasteiger partial charge >= 0.3 is 0 Å². The molecular weight excluding hydrogens is 306 g/mol. The highest BCUT2D eigenvalue weighted by Gasteiger charge is 2.24. The summed E-state index contributed by atoms with van der Waals surface area (Å²) in [5.41, 5.74) is 0.933. The molecule has 2 saturated heterocycles. The fourth-order valence-electron chi connectivity index (χ4n) is 3.42. The van der Waals surface area contributed by atoms with E-state index in [1.54, 1.807) is 11.8 Å². The first-order valence-electron chi connectivity index (χ1n) is 8.82. The molecule has 3 heterocycles.